The number of benzene rings is 2. The number of nitrogens with two attached hydrogens (primary N) is 2. The highest BCUT2D eigenvalue weighted by Gasteiger charge is 2.15. The fourth-order valence-electron chi connectivity index (χ4n) is 1.38. The van der Waals surface area contributed by atoms with Crippen LogP contribution in [-0.4, -0.2) is 34.4 Å². The van der Waals surface area contributed by atoms with Crippen molar-refractivity contribution in [3.05, 3.63) is 57.5 Å². The fourth-order valence-corrected chi connectivity index (χ4v) is 3.36. The lowest BCUT2D eigenvalue weighted by Gasteiger charge is -2.03. The highest BCUT2D eigenvalue weighted by Crippen LogP contribution is 2.30. The lowest BCUT2D eigenvalue weighted by molar-refractivity contribution is 0.484. The first-order valence-corrected chi connectivity index (χ1v) is 12.3. The molecular weight excluding hydrogens is 517 g/mol. The van der Waals surface area contributed by atoms with Crippen LogP contribution < -0.4 is 15.0 Å². The third kappa shape index (κ3) is 14.4. The summed E-state index contributed by atoms with van der Waals surface area (Å²) in [5.41, 5.74) is 0.343. The Hall–Kier alpha value is -1.20. The summed E-state index contributed by atoms with van der Waals surface area (Å²) >= 11 is 16.7. The van der Waals surface area contributed by atoms with Crippen LogP contribution in [-0.2, 0) is 30.6 Å². The number of halogens is 3. The van der Waals surface area contributed by atoms with E-state index in [1.807, 2.05) is 4.72 Å². The van der Waals surface area contributed by atoms with Crippen molar-refractivity contribution in [1.82, 2.24) is 0 Å². The molecule has 0 atom stereocenters. The summed E-state index contributed by atoms with van der Waals surface area (Å²) in [5.74, 6) is 0. The van der Waals surface area contributed by atoms with Gasteiger partial charge < -0.3 is 0 Å². The van der Waals surface area contributed by atoms with Gasteiger partial charge in [0.2, 0.25) is 10.0 Å². The minimum Gasteiger partial charge on any atom is -0.274 e. The van der Waals surface area contributed by atoms with Crippen molar-refractivity contribution in [2.75, 3.05) is 4.72 Å². The molecule has 0 aliphatic heterocycles. The summed E-state index contributed by atoms with van der Waals surface area (Å²) in [6.07, 6.45) is 0. The molecule has 0 fully saturated rings. The summed E-state index contributed by atoms with van der Waals surface area (Å²) in [4.78, 5) is -0.233. The van der Waals surface area contributed by atoms with E-state index in [0.717, 1.165) is 6.07 Å². The topological polar surface area (TPSA) is 207 Å². The summed E-state index contributed by atoms with van der Waals surface area (Å²) in [5, 5.41) is 8.97. The van der Waals surface area contributed by atoms with Crippen molar-refractivity contribution in [2.24, 2.45) is 10.3 Å². The van der Waals surface area contributed by atoms with E-state index >= 15 is 0 Å². The molecule has 0 aromatic heterocycles. The highest BCUT2D eigenvalue weighted by molar-refractivity contribution is 7.89. The highest BCUT2D eigenvalue weighted by atomic mass is 35.5. The average molecular weight is 531 g/mol. The third-order valence-corrected chi connectivity index (χ3v) is 4.89. The van der Waals surface area contributed by atoms with E-state index < -0.39 is 30.6 Å². The number of nitrogens with one attached hydrogen (secondary N) is 1. The zero-order valence-electron chi connectivity index (χ0n) is 13.9. The number of hydrogen-bond donors (Lipinski definition) is 5. The largest absolute Gasteiger partial charge is 0.357 e. The molecule has 0 heterocycles. The van der Waals surface area contributed by atoms with E-state index in [4.69, 9.17) is 57.5 Å². The number of sulfonamides is 1. The van der Waals surface area contributed by atoms with Crippen LogP contribution >= 0.6 is 34.8 Å². The maximum atomic E-state index is 10.9. The molecule has 164 valence electrons. The summed E-state index contributed by atoms with van der Waals surface area (Å²) < 4.78 is 77.8. The van der Waals surface area contributed by atoms with E-state index in [0.29, 0.717) is 5.69 Å². The smallest absolute Gasteiger partial charge is 0.274 e. The summed E-state index contributed by atoms with van der Waals surface area (Å²) in [6, 6.07) is 10.5. The molecule has 0 saturated carbocycles. The van der Waals surface area contributed by atoms with Gasteiger partial charge in [0, 0.05) is 0 Å². The molecule has 0 spiro atoms. The minimum atomic E-state index is -4.17. The van der Waals surface area contributed by atoms with Crippen molar-refractivity contribution >= 4 is 71.1 Å². The predicted octanol–water partition coefficient (Wildman–Crippen LogP) is 1.94. The van der Waals surface area contributed by atoms with Crippen LogP contribution in [0, 0.1) is 0 Å². The number of hydrogen-bond acceptors (Lipinski definition) is 6. The Balaban J connectivity index is 0.000000445. The van der Waals surface area contributed by atoms with Crippen LogP contribution in [0.3, 0.4) is 0 Å². The fraction of sp³-hybridized carbons (Fsp3) is 0. The second-order valence-electron chi connectivity index (χ2n) is 4.70. The quantitative estimate of drug-likeness (QED) is 0.292. The van der Waals surface area contributed by atoms with Gasteiger partial charge in [-0.05, 0) is 24.3 Å². The van der Waals surface area contributed by atoms with Crippen LogP contribution in [0.5, 0.6) is 0 Å². The molecule has 0 saturated heterocycles. The molecule has 17 heteroatoms. The number of anilines is 1. The first-order valence-electron chi connectivity index (χ1n) is 6.63. The maximum absolute atomic E-state index is 10.9. The van der Waals surface area contributed by atoms with Crippen molar-refractivity contribution in [3.8, 4) is 0 Å². The second kappa shape index (κ2) is 11.3. The Kier molecular flexibility index (Phi) is 10.8. The van der Waals surface area contributed by atoms with E-state index in [-0.39, 0.29) is 20.0 Å². The van der Waals surface area contributed by atoms with Gasteiger partial charge in [0.05, 0.1) is 20.8 Å². The van der Waals surface area contributed by atoms with Crippen LogP contribution in [0.25, 0.3) is 0 Å². The molecule has 2 aromatic carbocycles. The number of rotatable bonds is 3. The molecule has 11 nitrogen and oxygen atoms in total. The predicted molar refractivity (Wildman–Crippen MR) is 110 cm³/mol. The van der Waals surface area contributed by atoms with Crippen molar-refractivity contribution in [1.29, 1.82) is 0 Å². The van der Waals surface area contributed by atoms with Crippen LogP contribution in [0.4, 0.5) is 5.69 Å². The van der Waals surface area contributed by atoms with E-state index in [1.165, 1.54) is 18.2 Å². The zero-order chi connectivity index (χ0) is 23.0. The zero-order valence-corrected chi connectivity index (χ0v) is 18.6. The summed E-state index contributed by atoms with van der Waals surface area (Å²) in [7, 11) is -12.1. The van der Waals surface area contributed by atoms with Crippen molar-refractivity contribution in [3.63, 3.8) is 0 Å². The average Bonchev–Trinajstić information content (AvgIpc) is 2.48. The molecule has 7 N–H and O–H groups in total. The van der Waals surface area contributed by atoms with E-state index in [2.05, 4.69) is 5.14 Å². The molecule has 0 aliphatic rings. The Labute approximate surface area is 182 Å². The van der Waals surface area contributed by atoms with Crippen molar-refractivity contribution in [2.45, 2.75) is 4.90 Å². The lowest BCUT2D eigenvalue weighted by Crippen LogP contribution is -2.12. The van der Waals surface area contributed by atoms with Gasteiger partial charge in [0.1, 0.15) is 4.90 Å². The Bertz CT molecular complexity index is 1130. The molecule has 0 amide bonds. The minimum absolute atomic E-state index is 0.0445. The molecule has 2 aromatic rings. The third-order valence-electron chi connectivity index (χ3n) is 2.30. The molecular formula is C12H14Cl3N3O8S3. The number of primary sulfonamides is 1. The van der Waals surface area contributed by atoms with Gasteiger partial charge >= 0.3 is 20.6 Å². The Morgan fingerprint density at radius 1 is 0.759 bits per heavy atom. The standard InChI is InChI=1S/C6H4Cl3NO2S.C6H7NO3S.H3NO3S/c7-3-1-5(9)6(2-4(3)8)13(10,11)12;8-11(9,10)7-6-4-2-1-3-5-6;1-5(2,3)4/h1-2H,(H2,10,11,12);1-5,7H,(H,8,9,10);(H3,1,2,3,4). The summed E-state index contributed by atoms with van der Waals surface area (Å²) in [6.45, 7) is 0. The van der Waals surface area contributed by atoms with Crippen LogP contribution in [0.15, 0.2) is 47.4 Å². The van der Waals surface area contributed by atoms with Gasteiger partial charge in [0.25, 0.3) is 0 Å². The molecule has 0 bridgehead atoms. The Morgan fingerprint density at radius 3 is 1.55 bits per heavy atom. The normalized spacial score (nSPS) is 11.4. The van der Waals surface area contributed by atoms with Gasteiger partial charge in [-0.2, -0.15) is 16.8 Å². The van der Waals surface area contributed by atoms with Crippen LogP contribution in [0.2, 0.25) is 15.1 Å². The number of para-hydroxylation sites is 1. The van der Waals surface area contributed by atoms with Gasteiger partial charge in [0.15, 0.2) is 0 Å². The van der Waals surface area contributed by atoms with Gasteiger partial charge in [-0.15, -0.1) is 0 Å². The van der Waals surface area contributed by atoms with Crippen molar-refractivity contribution < 1.29 is 34.4 Å². The maximum Gasteiger partial charge on any atom is 0.357 e. The van der Waals surface area contributed by atoms with Crippen LogP contribution in [0.1, 0.15) is 0 Å². The SMILES string of the molecule is NS(=O)(=O)O.NS(=O)(=O)c1cc(Cl)c(Cl)cc1Cl.O=S(=O)(O)Nc1ccccc1. The first kappa shape index (κ1) is 27.8. The molecule has 0 radical (unpaired) electrons. The molecule has 0 aliphatic carbocycles. The van der Waals surface area contributed by atoms with E-state index in [1.54, 1.807) is 18.2 Å². The van der Waals surface area contributed by atoms with E-state index in [9.17, 15) is 16.8 Å². The first-order chi connectivity index (χ1) is 12.9. The second-order valence-corrected chi connectivity index (χ2v) is 9.64. The monoisotopic (exact) mass is 529 g/mol. The molecule has 2 rings (SSSR count). The molecule has 29 heavy (non-hydrogen) atoms. The lowest BCUT2D eigenvalue weighted by atomic mass is 10.3. The van der Waals surface area contributed by atoms with Gasteiger partial charge in [-0.25, -0.2) is 18.7 Å². The molecule has 0 unspecified atom stereocenters. The van der Waals surface area contributed by atoms with Gasteiger partial charge in [-0.1, -0.05) is 53.0 Å². The Morgan fingerprint density at radius 2 is 1.17 bits per heavy atom. The van der Waals surface area contributed by atoms with Gasteiger partial charge in [-0.3, -0.25) is 13.8 Å².